The Hall–Kier alpha value is -3.44. The second-order valence-electron chi connectivity index (χ2n) is 9.26. The molecule has 8 nitrogen and oxygen atoms in total. The van der Waals surface area contributed by atoms with Crippen molar-refractivity contribution >= 4 is 34.6 Å². The summed E-state index contributed by atoms with van der Waals surface area (Å²) in [7, 11) is 2.15. The first-order valence-corrected chi connectivity index (χ1v) is 14.2. The van der Waals surface area contributed by atoms with Crippen molar-refractivity contribution in [1.82, 2.24) is 9.80 Å². The first-order valence-electron chi connectivity index (χ1n) is 13.0. The average molecular weight is 578 g/mol. The van der Waals surface area contributed by atoms with Crippen LogP contribution in [-0.4, -0.2) is 82.7 Å². The maximum atomic E-state index is 13.2. The second kappa shape index (κ2) is 17.3. The van der Waals surface area contributed by atoms with Crippen molar-refractivity contribution in [3.63, 3.8) is 0 Å². The summed E-state index contributed by atoms with van der Waals surface area (Å²) in [6.07, 6.45) is 7.35. The molecule has 0 spiro atoms. The van der Waals surface area contributed by atoms with E-state index in [0.717, 1.165) is 68.3 Å². The highest BCUT2D eigenvalue weighted by molar-refractivity contribution is 8.13. The van der Waals surface area contributed by atoms with Crippen LogP contribution in [0.3, 0.4) is 0 Å². The van der Waals surface area contributed by atoms with Gasteiger partial charge in [0.05, 0.1) is 12.3 Å². The SMILES string of the molecule is CSC(=Nc1ccc(C)cc1)N(C)C1CCN(CCCCOc2ccc(F)c(F)c2)CC1.O=C(O)C=CC(=O)O. The molecule has 1 heterocycles. The zero-order valence-corrected chi connectivity index (χ0v) is 23.9. The number of carboxylic acid groups (broad SMARTS) is 2. The number of ether oxygens (including phenoxy) is 1. The summed E-state index contributed by atoms with van der Waals surface area (Å²) in [6, 6.07) is 12.5. The molecule has 0 bridgehead atoms. The first kappa shape index (κ1) is 32.8. The Kier molecular flexibility index (Phi) is 14.2. The highest BCUT2D eigenvalue weighted by Crippen LogP contribution is 2.22. The lowest BCUT2D eigenvalue weighted by Crippen LogP contribution is -2.45. The lowest BCUT2D eigenvalue weighted by molar-refractivity contribution is -0.134. The number of carboxylic acids is 2. The highest BCUT2D eigenvalue weighted by atomic mass is 32.2. The number of aliphatic carboxylic acids is 2. The number of carbonyl (C=O) groups is 2. The molecular weight excluding hydrogens is 540 g/mol. The van der Waals surface area contributed by atoms with Gasteiger partial charge in [-0.25, -0.2) is 23.4 Å². The van der Waals surface area contributed by atoms with Gasteiger partial charge in [0.15, 0.2) is 16.8 Å². The molecule has 0 unspecified atom stereocenters. The zero-order chi connectivity index (χ0) is 29.5. The van der Waals surface area contributed by atoms with Gasteiger partial charge in [0.25, 0.3) is 0 Å². The van der Waals surface area contributed by atoms with E-state index < -0.39 is 23.6 Å². The summed E-state index contributed by atoms with van der Waals surface area (Å²) in [6.45, 7) is 5.78. The lowest BCUT2D eigenvalue weighted by Gasteiger charge is -2.37. The minimum atomic E-state index is -1.26. The number of halogens is 2. The van der Waals surface area contributed by atoms with Crippen LogP contribution in [-0.2, 0) is 9.59 Å². The number of hydrogen-bond acceptors (Lipinski definition) is 6. The summed E-state index contributed by atoms with van der Waals surface area (Å²) < 4.78 is 31.7. The fraction of sp³-hybridized carbons (Fsp3) is 0.414. The molecule has 1 aliphatic heterocycles. The minimum absolute atomic E-state index is 0.379. The molecule has 11 heteroatoms. The molecule has 0 amide bonds. The number of nitrogens with zero attached hydrogens (tertiary/aromatic N) is 3. The molecular formula is C29H37F2N3O5S. The molecule has 3 rings (SSSR count). The van der Waals surface area contributed by atoms with E-state index in [1.807, 2.05) is 0 Å². The van der Waals surface area contributed by atoms with E-state index in [1.165, 1.54) is 11.6 Å². The number of aliphatic imine (C=N–C) groups is 1. The maximum absolute atomic E-state index is 13.2. The molecule has 2 N–H and O–H groups in total. The van der Waals surface area contributed by atoms with Crippen LogP contribution >= 0.6 is 11.8 Å². The van der Waals surface area contributed by atoms with Gasteiger partial charge in [-0.3, -0.25) is 0 Å². The number of rotatable bonds is 10. The fourth-order valence-corrected chi connectivity index (χ4v) is 4.66. The van der Waals surface area contributed by atoms with E-state index in [2.05, 4.69) is 54.3 Å². The summed E-state index contributed by atoms with van der Waals surface area (Å²) in [4.78, 5) is 28.8. The largest absolute Gasteiger partial charge is 0.493 e. The van der Waals surface area contributed by atoms with Gasteiger partial charge < -0.3 is 24.7 Å². The van der Waals surface area contributed by atoms with Gasteiger partial charge >= 0.3 is 11.9 Å². The molecule has 0 atom stereocenters. The quantitative estimate of drug-likeness (QED) is 0.163. The fourth-order valence-electron chi connectivity index (χ4n) is 4.02. The number of thioether (sulfide) groups is 1. The molecule has 218 valence electrons. The monoisotopic (exact) mass is 577 g/mol. The minimum Gasteiger partial charge on any atom is -0.493 e. The van der Waals surface area contributed by atoms with E-state index >= 15 is 0 Å². The van der Waals surface area contributed by atoms with E-state index in [-0.39, 0.29) is 0 Å². The van der Waals surface area contributed by atoms with Crippen molar-refractivity contribution in [2.45, 2.75) is 38.6 Å². The van der Waals surface area contributed by atoms with Crippen LogP contribution in [0, 0.1) is 18.6 Å². The van der Waals surface area contributed by atoms with Crippen molar-refractivity contribution in [2.24, 2.45) is 4.99 Å². The molecule has 0 aliphatic carbocycles. The Balaban J connectivity index is 0.000000611. The summed E-state index contributed by atoms with van der Waals surface area (Å²) in [5, 5.41) is 16.7. The smallest absolute Gasteiger partial charge is 0.328 e. The van der Waals surface area contributed by atoms with Gasteiger partial charge in [-0.05, 0) is 69.7 Å². The van der Waals surface area contributed by atoms with E-state index in [9.17, 15) is 18.4 Å². The molecule has 0 saturated carbocycles. The Labute approximate surface area is 238 Å². The van der Waals surface area contributed by atoms with Gasteiger partial charge in [-0.1, -0.05) is 29.5 Å². The molecule has 40 heavy (non-hydrogen) atoms. The van der Waals surface area contributed by atoms with Crippen LogP contribution < -0.4 is 4.74 Å². The number of likely N-dealkylation sites (tertiary alicyclic amines) is 1. The molecule has 0 radical (unpaired) electrons. The third kappa shape index (κ3) is 12.2. The first-order chi connectivity index (χ1) is 19.1. The number of amidine groups is 1. The van der Waals surface area contributed by atoms with Crippen LogP contribution in [0.1, 0.15) is 31.2 Å². The van der Waals surface area contributed by atoms with Gasteiger partial charge in [0, 0.05) is 44.4 Å². The number of hydrogen-bond donors (Lipinski definition) is 2. The van der Waals surface area contributed by atoms with Crippen LogP contribution in [0.4, 0.5) is 14.5 Å². The van der Waals surface area contributed by atoms with Crippen molar-refractivity contribution in [2.75, 3.05) is 39.5 Å². The van der Waals surface area contributed by atoms with Crippen LogP contribution in [0.2, 0.25) is 0 Å². The maximum Gasteiger partial charge on any atom is 0.328 e. The summed E-state index contributed by atoms with van der Waals surface area (Å²) in [5.41, 5.74) is 2.24. The Bertz CT molecular complexity index is 1140. The van der Waals surface area contributed by atoms with Gasteiger partial charge in [-0.15, -0.1) is 0 Å². The number of aryl methyl sites for hydroxylation is 1. The number of benzene rings is 2. The predicted octanol–water partition coefficient (Wildman–Crippen LogP) is 5.59. The second-order valence-corrected chi connectivity index (χ2v) is 10.0. The molecule has 1 fully saturated rings. The zero-order valence-electron chi connectivity index (χ0n) is 23.1. The summed E-state index contributed by atoms with van der Waals surface area (Å²) in [5.74, 6) is -3.86. The number of piperidine rings is 1. The Morgan fingerprint density at radius 1 is 1.05 bits per heavy atom. The molecule has 2 aromatic carbocycles. The van der Waals surface area contributed by atoms with E-state index in [1.54, 1.807) is 11.8 Å². The van der Waals surface area contributed by atoms with Crippen LogP contribution in [0.5, 0.6) is 5.75 Å². The summed E-state index contributed by atoms with van der Waals surface area (Å²) >= 11 is 1.69. The molecule has 1 saturated heterocycles. The lowest BCUT2D eigenvalue weighted by atomic mass is 10.0. The molecule has 0 aromatic heterocycles. The predicted molar refractivity (Wildman–Crippen MR) is 155 cm³/mol. The Morgan fingerprint density at radius 2 is 1.68 bits per heavy atom. The van der Waals surface area contributed by atoms with Gasteiger partial charge in [0.2, 0.25) is 0 Å². The topological polar surface area (TPSA) is 103 Å². The van der Waals surface area contributed by atoms with Crippen LogP contribution in [0.25, 0.3) is 0 Å². The van der Waals surface area contributed by atoms with E-state index in [4.69, 9.17) is 19.9 Å². The van der Waals surface area contributed by atoms with Gasteiger partial charge in [0.1, 0.15) is 5.75 Å². The average Bonchev–Trinajstić information content (AvgIpc) is 2.93. The van der Waals surface area contributed by atoms with E-state index in [0.29, 0.717) is 30.6 Å². The third-order valence-electron chi connectivity index (χ3n) is 6.24. The normalized spacial score (nSPS) is 14.5. The Morgan fingerprint density at radius 3 is 2.23 bits per heavy atom. The highest BCUT2D eigenvalue weighted by Gasteiger charge is 2.24. The standard InChI is InChI=1S/C25H33F2N3OS.C4H4O4/c1-19-6-8-20(9-7-19)28-25(32-3)29(2)21-12-15-30(16-13-21)14-4-5-17-31-22-10-11-23(26)24(27)18-22;5-3(6)1-2-4(7)8/h6-11,18,21H,4-5,12-17H2,1-3H3;1-2H,(H,5,6)(H,7,8). The van der Waals surface area contributed by atoms with Gasteiger partial charge in [-0.2, -0.15) is 0 Å². The molecule has 1 aliphatic rings. The molecule has 2 aromatic rings. The van der Waals surface area contributed by atoms with Crippen LogP contribution in [0.15, 0.2) is 59.6 Å². The third-order valence-corrected chi connectivity index (χ3v) is 6.99. The van der Waals surface area contributed by atoms with Crippen molar-refractivity contribution in [1.29, 1.82) is 0 Å². The van der Waals surface area contributed by atoms with Crippen molar-refractivity contribution in [3.05, 3.63) is 71.8 Å². The van der Waals surface area contributed by atoms with Crippen molar-refractivity contribution < 1.29 is 33.3 Å². The number of unbranched alkanes of at least 4 members (excludes halogenated alkanes) is 1. The van der Waals surface area contributed by atoms with Crippen molar-refractivity contribution in [3.8, 4) is 5.75 Å².